The monoisotopic (exact) mass is 288 g/mol. The summed E-state index contributed by atoms with van der Waals surface area (Å²) < 4.78 is 0. The number of carbonyl (C=O) groups excluding carboxylic acids is 1. The van der Waals surface area contributed by atoms with E-state index in [-0.39, 0.29) is 5.91 Å². The van der Waals surface area contributed by atoms with Gasteiger partial charge in [-0.3, -0.25) is 9.78 Å². The molecule has 1 aromatic carbocycles. The molecule has 1 N–H and O–H groups in total. The van der Waals surface area contributed by atoms with Gasteiger partial charge < -0.3 is 5.32 Å². The van der Waals surface area contributed by atoms with Crippen molar-refractivity contribution in [2.45, 2.75) is 32.6 Å². The van der Waals surface area contributed by atoms with Crippen molar-refractivity contribution in [3.63, 3.8) is 0 Å². The summed E-state index contributed by atoms with van der Waals surface area (Å²) in [6.45, 7) is 2.83. The van der Waals surface area contributed by atoms with Crippen LogP contribution in [-0.2, 0) is 24.1 Å². The van der Waals surface area contributed by atoms with Crippen LogP contribution < -0.4 is 5.32 Å². The quantitative estimate of drug-likeness (QED) is 0.851. The summed E-state index contributed by atoms with van der Waals surface area (Å²) in [5, 5.41) is 2.95. The number of carbonyl (C=O) groups is 1. The summed E-state index contributed by atoms with van der Waals surface area (Å²) >= 11 is 1.63. The standard InChI is InChI=1S/C16H20N2OS/c1-2-13-3-5-14(6-4-13)7-8-16(19)18-10-9-15-11-17-12-20-15/h3-6,11-12H,2,7-10H2,1H3,(H,18,19). The maximum Gasteiger partial charge on any atom is 0.220 e. The van der Waals surface area contributed by atoms with E-state index in [4.69, 9.17) is 0 Å². The van der Waals surface area contributed by atoms with Crippen molar-refractivity contribution in [2.24, 2.45) is 0 Å². The van der Waals surface area contributed by atoms with E-state index in [1.807, 2.05) is 11.7 Å². The fourth-order valence-corrected chi connectivity index (χ4v) is 2.58. The number of rotatable bonds is 7. The molecule has 2 rings (SSSR count). The Labute approximate surface area is 124 Å². The predicted octanol–water partition coefficient (Wildman–Crippen LogP) is 3.00. The number of aryl methyl sites for hydroxylation is 2. The molecule has 0 unspecified atom stereocenters. The first kappa shape index (κ1) is 14.7. The van der Waals surface area contributed by atoms with Crippen molar-refractivity contribution in [3.05, 3.63) is 52.0 Å². The minimum absolute atomic E-state index is 0.120. The van der Waals surface area contributed by atoms with Gasteiger partial charge in [0.1, 0.15) is 0 Å². The predicted molar refractivity (Wildman–Crippen MR) is 83.0 cm³/mol. The fraction of sp³-hybridized carbons (Fsp3) is 0.375. The third kappa shape index (κ3) is 4.78. The SMILES string of the molecule is CCc1ccc(CCC(=O)NCCc2cncs2)cc1. The molecule has 0 spiro atoms. The lowest BCUT2D eigenvalue weighted by atomic mass is 10.1. The van der Waals surface area contributed by atoms with Crippen molar-refractivity contribution >= 4 is 17.2 Å². The van der Waals surface area contributed by atoms with Crippen molar-refractivity contribution in [1.82, 2.24) is 10.3 Å². The molecule has 0 aliphatic carbocycles. The summed E-state index contributed by atoms with van der Waals surface area (Å²) in [7, 11) is 0. The van der Waals surface area contributed by atoms with Crippen molar-refractivity contribution in [1.29, 1.82) is 0 Å². The second kappa shape index (κ2) is 7.80. The molecule has 4 heteroatoms. The van der Waals surface area contributed by atoms with Gasteiger partial charge in [-0.1, -0.05) is 31.2 Å². The Morgan fingerprint density at radius 2 is 1.95 bits per heavy atom. The van der Waals surface area contributed by atoms with Crippen LogP contribution in [0.2, 0.25) is 0 Å². The average Bonchev–Trinajstić information content (AvgIpc) is 2.99. The molecule has 0 radical (unpaired) electrons. The molecule has 0 fully saturated rings. The molecule has 2 aromatic rings. The lowest BCUT2D eigenvalue weighted by Gasteiger charge is -2.05. The summed E-state index contributed by atoms with van der Waals surface area (Å²) in [4.78, 5) is 17.0. The topological polar surface area (TPSA) is 42.0 Å². The van der Waals surface area contributed by atoms with E-state index in [0.717, 1.165) is 19.3 Å². The van der Waals surface area contributed by atoms with Crippen LogP contribution in [0.3, 0.4) is 0 Å². The number of nitrogens with zero attached hydrogens (tertiary/aromatic N) is 1. The maximum atomic E-state index is 11.7. The van der Waals surface area contributed by atoms with E-state index in [9.17, 15) is 4.79 Å². The van der Waals surface area contributed by atoms with E-state index in [1.54, 1.807) is 11.3 Å². The zero-order valence-corrected chi connectivity index (χ0v) is 12.6. The van der Waals surface area contributed by atoms with Gasteiger partial charge in [0.15, 0.2) is 0 Å². The van der Waals surface area contributed by atoms with Crippen LogP contribution in [0.1, 0.15) is 29.3 Å². The maximum absolute atomic E-state index is 11.7. The minimum Gasteiger partial charge on any atom is -0.356 e. The lowest BCUT2D eigenvalue weighted by molar-refractivity contribution is -0.121. The Hall–Kier alpha value is -1.68. The molecule has 1 heterocycles. The van der Waals surface area contributed by atoms with Gasteiger partial charge in [-0.05, 0) is 24.0 Å². The smallest absolute Gasteiger partial charge is 0.220 e. The summed E-state index contributed by atoms with van der Waals surface area (Å²) in [6, 6.07) is 8.50. The van der Waals surface area contributed by atoms with Crippen molar-refractivity contribution in [2.75, 3.05) is 6.54 Å². The Kier molecular flexibility index (Phi) is 5.74. The number of aromatic nitrogens is 1. The largest absolute Gasteiger partial charge is 0.356 e. The summed E-state index contributed by atoms with van der Waals surface area (Å²) in [5.74, 6) is 0.120. The second-order valence-corrected chi connectivity index (χ2v) is 5.71. The molecular weight excluding hydrogens is 268 g/mol. The summed E-state index contributed by atoms with van der Waals surface area (Å²) in [5.41, 5.74) is 4.37. The lowest BCUT2D eigenvalue weighted by Crippen LogP contribution is -2.25. The molecule has 1 amide bonds. The van der Waals surface area contributed by atoms with Crippen LogP contribution in [0, 0.1) is 0 Å². The van der Waals surface area contributed by atoms with Crippen molar-refractivity contribution < 1.29 is 4.79 Å². The van der Waals surface area contributed by atoms with Gasteiger partial charge in [-0.15, -0.1) is 11.3 Å². The average molecular weight is 288 g/mol. The molecule has 0 aliphatic heterocycles. The summed E-state index contributed by atoms with van der Waals surface area (Å²) in [6.07, 6.45) is 5.12. The van der Waals surface area contributed by atoms with E-state index >= 15 is 0 Å². The van der Waals surface area contributed by atoms with Gasteiger partial charge >= 0.3 is 0 Å². The Morgan fingerprint density at radius 1 is 1.20 bits per heavy atom. The zero-order valence-electron chi connectivity index (χ0n) is 11.8. The fourth-order valence-electron chi connectivity index (χ4n) is 1.98. The molecule has 1 aromatic heterocycles. The number of hydrogen-bond donors (Lipinski definition) is 1. The van der Waals surface area contributed by atoms with Gasteiger partial charge in [0.2, 0.25) is 5.91 Å². The minimum atomic E-state index is 0.120. The van der Waals surface area contributed by atoms with Gasteiger partial charge in [-0.2, -0.15) is 0 Å². The first-order valence-corrected chi connectivity index (χ1v) is 7.87. The first-order valence-electron chi connectivity index (χ1n) is 7.00. The molecule has 3 nitrogen and oxygen atoms in total. The van der Waals surface area contributed by atoms with Gasteiger partial charge in [0.05, 0.1) is 5.51 Å². The van der Waals surface area contributed by atoms with E-state index in [2.05, 4.69) is 41.5 Å². The number of amides is 1. The second-order valence-electron chi connectivity index (χ2n) is 4.74. The Morgan fingerprint density at radius 3 is 2.60 bits per heavy atom. The van der Waals surface area contributed by atoms with Crippen LogP contribution >= 0.6 is 11.3 Å². The van der Waals surface area contributed by atoms with Crippen LogP contribution in [-0.4, -0.2) is 17.4 Å². The zero-order chi connectivity index (χ0) is 14.2. The molecule has 0 saturated heterocycles. The number of nitrogens with one attached hydrogen (secondary N) is 1. The van der Waals surface area contributed by atoms with Gasteiger partial charge in [0, 0.05) is 30.5 Å². The highest BCUT2D eigenvalue weighted by atomic mass is 32.1. The molecule has 0 atom stereocenters. The Bertz CT molecular complexity index is 520. The van der Waals surface area contributed by atoms with Crippen molar-refractivity contribution in [3.8, 4) is 0 Å². The van der Waals surface area contributed by atoms with Crippen LogP contribution in [0.5, 0.6) is 0 Å². The molecule has 20 heavy (non-hydrogen) atoms. The van der Waals surface area contributed by atoms with Crippen LogP contribution in [0.25, 0.3) is 0 Å². The van der Waals surface area contributed by atoms with Gasteiger partial charge in [-0.25, -0.2) is 0 Å². The first-order chi connectivity index (χ1) is 9.78. The molecule has 0 saturated carbocycles. The molecule has 106 valence electrons. The molecular formula is C16H20N2OS. The van der Waals surface area contributed by atoms with E-state index in [0.29, 0.717) is 13.0 Å². The normalized spacial score (nSPS) is 10.4. The number of benzene rings is 1. The Balaban J connectivity index is 1.66. The molecule has 0 aliphatic rings. The number of hydrogen-bond acceptors (Lipinski definition) is 3. The highest BCUT2D eigenvalue weighted by molar-refractivity contribution is 7.09. The molecule has 0 bridgehead atoms. The highest BCUT2D eigenvalue weighted by Crippen LogP contribution is 2.08. The van der Waals surface area contributed by atoms with E-state index < -0.39 is 0 Å². The number of thiazole rings is 1. The van der Waals surface area contributed by atoms with E-state index in [1.165, 1.54) is 16.0 Å². The highest BCUT2D eigenvalue weighted by Gasteiger charge is 2.02. The van der Waals surface area contributed by atoms with Crippen LogP contribution in [0.15, 0.2) is 36.0 Å². The van der Waals surface area contributed by atoms with Crippen LogP contribution in [0.4, 0.5) is 0 Å². The van der Waals surface area contributed by atoms with Gasteiger partial charge in [0.25, 0.3) is 0 Å². The third-order valence-electron chi connectivity index (χ3n) is 3.25. The third-order valence-corrected chi connectivity index (χ3v) is 4.09.